The molecule has 8 heteroatoms. The molecule has 3 aliphatic rings. The second-order valence-corrected chi connectivity index (χ2v) is 10.4. The molecule has 0 aromatic heterocycles. The Labute approximate surface area is 211 Å². The summed E-state index contributed by atoms with van der Waals surface area (Å²) in [6, 6.07) is 10.7. The van der Waals surface area contributed by atoms with Gasteiger partial charge >= 0.3 is 0 Å². The van der Waals surface area contributed by atoms with Gasteiger partial charge in [0, 0.05) is 36.8 Å². The summed E-state index contributed by atoms with van der Waals surface area (Å²) in [5.41, 5.74) is 2.51. The zero-order valence-corrected chi connectivity index (χ0v) is 20.6. The molecule has 2 aromatic rings. The van der Waals surface area contributed by atoms with Gasteiger partial charge in [-0.2, -0.15) is 0 Å². The molecule has 0 unspecified atom stereocenters. The van der Waals surface area contributed by atoms with Crippen LogP contribution in [0, 0.1) is 0 Å². The summed E-state index contributed by atoms with van der Waals surface area (Å²) < 4.78 is 12.0. The van der Waals surface area contributed by atoms with Crippen LogP contribution in [0.5, 0.6) is 11.5 Å². The van der Waals surface area contributed by atoms with E-state index >= 15 is 0 Å². The summed E-state index contributed by atoms with van der Waals surface area (Å²) in [6.07, 6.45) is 5.20. The van der Waals surface area contributed by atoms with Crippen molar-refractivity contribution in [3.63, 3.8) is 0 Å². The van der Waals surface area contributed by atoms with Gasteiger partial charge < -0.3 is 29.9 Å². The minimum Gasteiger partial charge on any atom is -0.508 e. The number of fused-ring (bicyclic) bond motifs is 2. The number of aliphatic hydroxyl groups is 1. The molecule has 3 N–H and O–H groups in total. The summed E-state index contributed by atoms with van der Waals surface area (Å²) in [7, 11) is 0. The Morgan fingerprint density at radius 3 is 2.74 bits per heavy atom. The number of hydrogen-bond donors (Lipinski definition) is 3. The minimum absolute atomic E-state index is 0.0198. The number of aliphatic hydroxyl groups excluding tert-OH is 1. The molecule has 188 valence electrons. The van der Waals surface area contributed by atoms with Crippen LogP contribution < -0.4 is 10.1 Å². The number of phenols is 1. The Morgan fingerprint density at radius 1 is 1.20 bits per heavy atom. The van der Waals surface area contributed by atoms with E-state index in [-0.39, 0.29) is 35.7 Å². The highest BCUT2D eigenvalue weighted by atomic mass is 35.5. The average molecular weight is 501 g/mol. The highest BCUT2D eigenvalue weighted by molar-refractivity contribution is 6.30. The first-order valence-electron chi connectivity index (χ1n) is 12.5. The average Bonchev–Trinajstić information content (AvgIpc) is 3.47. The first kappa shape index (κ1) is 24.4. The van der Waals surface area contributed by atoms with Gasteiger partial charge in [0.2, 0.25) is 0 Å². The van der Waals surface area contributed by atoms with E-state index in [1.807, 2.05) is 12.1 Å². The molecule has 1 aliphatic carbocycles. The lowest BCUT2D eigenvalue weighted by Crippen LogP contribution is -2.46. The molecule has 1 saturated carbocycles. The maximum atomic E-state index is 12.8. The number of halogens is 1. The van der Waals surface area contributed by atoms with E-state index in [4.69, 9.17) is 21.1 Å². The van der Waals surface area contributed by atoms with Gasteiger partial charge in [-0.25, -0.2) is 0 Å². The van der Waals surface area contributed by atoms with Crippen molar-refractivity contribution in [3.05, 3.63) is 58.1 Å². The standard InChI is InChI=1S/C27H33ClN2O5/c28-19-5-8-24-18(13-19)16-35-27(24)9-11-30(12-10-27)15-22(32)17-34-25-14-21(31)6-7-23(25)26(33)29-20-3-1-2-4-20/h5-8,13-14,20,22,31-32H,1-4,9-12,15-17H2,(H,29,33)/t22-/m1/s1. The number of carbonyl (C=O) groups excluding carboxylic acids is 1. The monoisotopic (exact) mass is 500 g/mol. The van der Waals surface area contributed by atoms with E-state index in [1.54, 1.807) is 6.07 Å². The zero-order chi connectivity index (χ0) is 24.4. The molecule has 1 amide bonds. The summed E-state index contributed by atoms with van der Waals surface area (Å²) in [4.78, 5) is 15.0. The lowest BCUT2D eigenvalue weighted by molar-refractivity contribution is -0.0835. The van der Waals surface area contributed by atoms with Crippen molar-refractivity contribution in [1.82, 2.24) is 10.2 Å². The third-order valence-electron chi connectivity index (χ3n) is 7.53. The van der Waals surface area contributed by atoms with E-state index in [0.717, 1.165) is 56.6 Å². The number of phenolic OH excluding ortho intramolecular Hbond substituents is 1. The lowest BCUT2D eigenvalue weighted by Gasteiger charge is -2.39. The fourth-order valence-electron chi connectivity index (χ4n) is 5.62. The Morgan fingerprint density at radius 2 is 1.97 bits per heavy atom. The third kappa shape index (κ3) is 5.43. The van der Waals surface area contributed by atoms with Crippen molar-refractivity contribution in [3.8, 4) is 11.5 Å². The number of ether oxygens (including phenoxy) is 2. The van der Waals surface area contributed by atoms with Gasteiger partial charge in [-0.15, -0.1) is 0 Å². The van der Waals surface area contributed by atoms with Crippen LogP contribution in [0.2, 0.25) is 5.02 Å². The van der Waals surface area contributed by atoms with Crippen LogP contribution in [0.25, 0.3) is 0 Å². The topological polar surface area (TPSA) is 91.3 Å². The number of nitrogens with zero attached hydrogens (tertiary/aromatic N) is 1. The number of nitrogens with one attached hydrogen (secondary N) is 1. The zero-order valence-electron chi connectivity index (χ0n) is 19.8. The molecule has 2 aromatic carbocycles. The van der Waals surface area contributed by atoms with Crippen LogP contribution in [0.15, 0.2) is 36.4 Å². The summed E-state index contributed by atoms with van der Waals surface area (Å²) in [6.45, 7) is 2.70. The normalized spacial score (nSPS) is 20.6. The number of β-amino-alcohol motifs (C(OH)–C–C–N with tert-alkyl or cyclic N) is 1. The van der Waals surface area contributed by atoms with Crippen molar-refractivity contribution in [1.29, 1.82) is 0 Å². The fraction of sp³-hybridized carbons (Fsp3) is 0.519. The number of aromatic hydroxyl groups is 1. The predicted molar refractivity (Wildman–Crippen MR) is 133 cm³/mol. The van der Waals surface area contributed by atoms with E-state index < -0.39 is 6.10 Å². The number of benzene rings is 2. The SMILES string of the molecule is O=C(NC1CCCC1)c1ccc(O)cc1OC[C@H](O)CN1CCC2(CC1)OCc1cc(Cl)ccc12. The summed E-state index contributed by atoms with van der Waals surface area (Å²) in [5.74, 6) is 0.0963. The molecule has 0 radical (unpaired) electrons. The number of hydrogen-bond acceptors (Lipinski definition) is 6. The second kappa shape index (κ2) is 10.3. The number of likely N-dealkylation sites (tertiary alicyclic amines) is 1. The molecule has 1 atom stereocenters. The Kier molecular flexibility index (Phi) is 7.21. The molecule has 2 fully saturated rings. The third-order valence-corrected chi connectivity index (χ3v) is 7.76. The number of carbonyl (C=O) groups is 1. The molecule has 7 nitrogen and oxygen atoms in total. The lowest BCUT2D eigenvalue weighted by atomic mass is 9.84. The molecule has 1 saturated heterocycles. The van der Waals surface area contributed by atoms with Gasteiger partial charge in [-0.05, 0) is 61.1 Å². The van der Waals surface area contributed by atoms with E-state index in [0.29, 0.717) is 18.7 Å². The first-order valence-corrected chi connectivity index (χ1v) is 12.9. The number of amides is 1. The second-order valence-electron chi connectivity index (χ2n) is 9.99. The van der Waals surface area contributed by atoms with E-state index in [2.05, 4.69) is 16.3 Å². The van der Waals surface area contributed by atoms with Crippen LogP contribution in [-0.2, 0) is 16.9 Å². The smallest absolute Gasteiger partial charge is 0.255 e. The Bertz CT molecular complexity index is 1060. The summed E-state index contributed by atoms with van der Waals surface area (Å²) >= 11 is 6.14. The Hall–Kier alpha value is -2.32. The van der Waals surface area contributed by atoms with Gasteiger partial charge in [-0.3, -0.25) is 4.79 Å². The van der Waals surface area contributed by atoms with Gasteiger partial charge in [0.15, 0.2) is 0 Å². The molecule has 5 rings (SSSR count). The number of rotatable bonds is 7. The predicted octanol–water partition coefficient (Wildman–Crippen LogP) is 3.98. The summed E-state index contributed by atoms with van der Waals surface area (Å²) in [5, 5.41) is 24.4. The highest BCUT2D eigenvalue weighted by Gasteiger charge is 2.42. The van der Waals surface area contributed by atoms with Crippen LogP contribution in [0.4, 0.5) is 0 Å². The van der Waals surface area contributed by atoms with Crippen molar-refractivity contribution in [2.45, 2.75) is 62.9 Å². The van der Waals surface area contributed by atoms with E-state index in [1.165, 1.54) is 23.3 Å². The van der Waals surface area contributed by atoms with Gasteiger partial charge in [0.05, 0.1) is 17.8 Å². The number of piperidine rings is 1. The quantitative estimate of drug-likeness (QED) is 0.532. The Balaban J connectivity index is 1.14. The maximum absolute atomic E-state index is 12.8. The molecule has 35 heavy (non-hydrogen) atoms. The molecule has 2 heterocycles. The van der Waals surface area contributed by atoms with Gasteiger partial charge in [0.1, 0.15) is 24.2 Å². The molecular formula is C27H33ClN2O5. The van der Waals surface area contributed by atoms with Gasteiger partial charge in [-0.1, -0.05) is 30.5 Å². The first-order chi connectivity index (χ1) is 16.9. The van der Waals surface area contributed by atoms with Crippen LogP contribution in [-0.4, -0.2) is 59.4 Å². The van der Waals surface area contributed by atoms with E-state index in [9.17, 15) is 15.0 Å². The highest BCUT2D eigenvalue weighted by Crippen LogP contribution is 2.44. The fourth-order valence-corrected chi connectivity index (χ4v) is 5.81. The van der Waals surface area contributed by atoms with Crippen LogP contribution >= 0.6 is 11.6 Å². The maximum Gasteiger partial charge on any atom is 0.255 e. The molecule has 0 bridgehead atoms. The van der Waals surface area contributed by atoms with Gasteiger partial charge in [0.25, 0.3) is 5.91 Å². The van der Waals surface area contributed by atoms with Crippen molar-refractivity contribution >= 4 is 17.5 Å². The van der Waals surface area contributed by atoms with Crippen molar-refractivity contribution < 1.29 is 24.5 Å². The molecular weight excluding hydrogens is 468 g/mol. The molecule has 1 spiro atoms. The molecule has 2 aliphatic heterocycles. The largest absolute Gasteiger partial charge is 0.508 e. The van der Waals surface area contributed by atoms with Crippen molar-refractivity contribution in [2.75, 3.05) is 26.2 Å². The van der Waals surface area contributed by atoms with Crippen LogP contribution in [0.1, 0.15) is 60.0 Å². The van der Waals surface area contributed by atoms with Crippen LogP contribution in [0.3, 0.4) is 0 Å². The minimum atomic E-state index is -0.729. The van der Waals surface area contributed by atoms with Crippen molar-refractivity contribution in [2.24, 2.45) is 0 Å².